The molecule has 58 valence electrons. The predicted molar refractivity (Wildman–Crippen MR) is 40.1 cm³/mol. The Morgan fingerprint density at radius 1 is 1.60 bits per heavy atom. The van der Waals surface area contributed by atoms with Crippen LogP contribution in [0.3, 0.4) is 0 Å². The Kier molecular flexibility index (Phi) is 3.69. The number of carbonyl (C=O) groups excluding carboxylic acids is 1. The lowest BCUT2D eigenvalue weighted by molar-refractivity contribution is -0.803. The van der Waals surface area contributed by atoms with Crippen LogP contribution in [0.2, 0.25) is 0 Å². The SMILES string of the molecule is CC(C[N+](C)(C)C=O)P=O. The van der Waals surface area contributed by atoms with Crippen molar-refractivity contribution in [2.24, 2.45) is 0 Å². The second kappa shape index (κ2) is 3.79. The first kappa shape index (κ1) is 9.73. The van der Waals surface area contributed by atoms with Crippen molar-refractivity contribution in [3.8, 4) is 0 Å². The number of amides is 1. The van der Waals surface area contributed by atoms with Gasteiger partial charge in [-0.05, 0) is 6.92 Å². The molecule has 0 saturated heterocycles. The van der Waals surface area contributed by atoms with Crippen LogP contribution in [-0.2, 0) is 9.36 Å². The quantitative estimate of drug-likeness (QED) is 0.349. The number of rotatable bonds is 4. The number of quaternary nitrogens is 1. The van der Waals surface area contributed by atoms with E-state index in [1.807, 2.05) is 6.92 Å². The van der Waals surface area contributed by atoms with Crippen LogP contribution in [-0.4, -0.2) is 37.2 Å². The first-order valence-corrected chi connectivity index (χ1v) is 4.01. The minimum absolute atomic E-state index is 0.0557. The Morgan fingerprint density at radius 3 is 2.40 bits per heavy atom. The van der Waals surface area contributed by atoms with Gasteiger partial charge in [0.2, 0.25) is 0 Å². The number of nitrogens with zero attached hydrogens (tertiary/aromatic N) is 1. The monoisotopic (exact) mass is 162 g/mol. The maximum atomic E-state index is 10.3. The molecule has 1 atom stereocenters. The largest absolute Gasteiger partial charge is 0.301 e. The van der Waals surface area contributed by atoms with Gasteiger partial charge in [0.25, 0.3) is 0 Å². The Labute approximate surface area is 62.8 Å². The Balaban J connectivity index is 3.86. The molecular weight excluding hydrogens is 149 g/mol. The summed E-state index contributed by atoms with van der Waals surface area (Å²) in [5, 5.41) is 0. The lowest BCUT2D eigenvalue weighted by Gasteiger charge is -2.21. The second-order valence-electron chi connectivity index (χ2n) is 3.02. The number of hydrogen-bond donors (Lipinski definition) is 0. The van der Waals surface area contributed by atoms with E-state index < -0.39 is 0 Å². The molecule has 0 N–H and O–H groups in total. The van der Waals surface area contributed by atoms with Crippen LogP contribution in [0.25, 0.3) is 0 Å². The summed E-state index contributed by atoms with van der Waals surface area (Å²) in [7, 11) is 3.69. The van der Waals surface area contributed by atoms with Gasteiger partial charge in [-0.15, -0.1) is 0 Å². The molecule has 10 heavy (non-hydrogen) atoms. The lowest BCUT2D eigenvalue weighted by atomic mass is 10.4. The second-order valence-corrected chi connectivity index (χ2v) is 4.11. The molecule has 0 aliphatic rings. The summed E-state index contributed by atoms with van der Waals surface area (Å²) in [5.41, 5.74) is 0.0557. The van der Waals surface area contributed by atoms with Crippen LogP contribution >= 0.6 is 8.46 Å². The first-order chi connectivity index (χ1) is 4.52. The average molecular weight is 162 g/mol. The highest BCUT2D eigenvalue weighted by Gasteiger charge is 2.17. The van der Waals surface area contributed by atoms with Crippen molar-refractivity contribution in [3.63, 3.8) is 0 Å². The number of carbonyl (C=O) groups is 1. The van der Waals surface area contributed by atoms with Gasteiger partial charge >= 0.3 is 6.41 Å². The van der Waals surface area contributed by atoms with E-state index >= 15 is 0 Å². The van der Waals surface area contributed by atoms with Gasteiger partial charge in [-0.2, -0.15) is 0 Å². The Bertz CT molecular complexity index is 136. The van der Waals surface area contributed by atoms with E-state index in [0.29, 0.717) is 6.54 Å². The van der Waals surface area contributed by atoms with Crippen LogP contribution in [0.1, 0.15) is 6.92 Å². The molecule has 3 nitrogen and oxygen atoms in total. The third-order valence-corrected chi connectivity index (χ3v) is 1.72. The molecular formula is C6H13NO2P+. The number of hydrogen-bond acceptors (Lipinski definition) is 2. The maximum Gasteiger partial charge on any atom is 0.301 e. The lowest BCUT2D eigenvalue weighted by Crippen LogP contribution is -2.41. The summed E-state index contributed by atoms with van der Waals surface area (Å²) in [6, 6.07) is 0. The van der Waals surface area contributed by atoms with Crippen molar-refractivity contribution in [2.75, 3.05) is 20.6 Å². The molecule has 0 aliphatic heterocycles. The van der Waals surface area contributed by atoms with Gasteiger partial charge in [0.1, 0.15) is 0 Å². The fourth-order valence-electron chi connectivity index (χ4n) is 0.757. The fraction of sp³-hybridized carbons (Fsp3) is 0.833. The third kappa shape index (κ3) is 3.70. The summed E-state index contributed by atoms with van der Waals surface area (Å²) in [6.07, 6.45) is 0.849. The minimum Gasteiger partial charge on any atom is -0.274 e. The van der Waals surface area contributed by atoms with Gasteiger partial charge in [-0.3, -0.25) is 9.05 Å². The molecule has 4 heteroatoms. The molecule has 0 rings (SSSR count). The van der Waals surface area contributed by atoms with Gasteiger partial charge in [0, 0.05) is 0 Å². The zero-order valence-electron chi connectivity index (χ0n) is 6.57. The zero-order valence-corrected chi connectivity index (χ0v) is 7.47. The highest BCUT2D eigenvalue weighted by atomic mass is 31.1. The van der Waals surface area contributed by atoms with E-state index in [4.69, 9.17) is 0 Å². The molecule has 0 heterocycles. The standard InChI is InChI=1S/C6H13NO2P/c1-6(10-9)4-7(2,3)5-8/h5-6H,4H2,1-3H3/q+1. The molecule has 1 unspecified atom stereocenters. The first-order valence-electron chi connectivity index (χ1n) is 3.13. The molecule has 0 bridgehead atoms. The van der Waals surface area contributed by atoms with Crippen LogP contribution < -0.4 is 0 Å². The molecule has 0 aromatic heterocycles. The molecule has 0 fully saturated rings. The minimum atomic E-state index is 0.0557. The van der Waals surface area contributed by atoms with Crippen LogP contribution in [0.4, 0.5) is 0 Å². The van der Waals surface area contributed by atoms with Crippen molar-refractivity contribution in [1.29, 1.82) is 0 Å². The molecule has 1 amide bonds. The average Bonchev–Trinajstić information content (AvgIpc) is 1.87. The van der Waals surface area contributed by atoms with Crippen molar-refractivity contribution >= 4 is 14.9 Å². The van der Waals surface area contributed by atoms with Gasteiger partial charge in [0.05, 0.1) is 26.3 Å². The summed E-state index contributed by atoms with van der Waals surface area (Å²) in [4.78, 5) is 10.3. The van der Waals surface area contributed by atoms with Gasteiger partial charge in [0.15, 0.2) is 8.46 Å². The third-order valence-electron chi connectivity index (χ3n) is 1.20. The summed E-state index contributed by atoms with van der Waals surface area (Å²) in [6.45, 7) is 2.46. The normalized spacial score (nSPS) is 15.1. The summed E-state index contributed by atoms with van der Waals surface area (Å²) >= 11 is 0. The van der Waals surface area contributed by atoms with Crippen molar-refractivity contribution in [2.45, 2.75) is 12.6 Å². The van der Waals surface area contributed by atoms with Crippen LogP contribution in [0.15, 0.2) is 0 Å². The molecule has 0 radical (unpaired) electrons. The highest BCUT2D eigenvalue weighted by Crippen LogP contribution is 2.08. The van der Waals surface area contributed by atoms with Crippen LogP contribution in [0, 0.1) is 0 Å². The maximum absolute atomic E-state index is 10.3. The van der Waals surface area contributed by atoms with E-state index in [0.717, 1.165) is 6.41 Å². The molecule has 0 aliphatic carbocycles. The van der Waals surface area contributed by atoms with Gasteiger partial charge < -0.3 is 0 Å². The molecule has 0 spiro atoms. The Hall–Kier alpha value is -0.270. The topological polar surface area (TPSA) is 34.1 Å². The molecule has 0 saturated carbocycles. The zero-order chi connectivity index (χ0) is 8.20. The predicted octanol–water partition coefficient (Wildman–Crippen LogP) is 0.899. The highest BCUT2D eigenvalue weighted by molar-refractivity contribution is 7.24. The smallest absolute Gasteiger partial charge is 0.274 e. The van der Waals surface area contributed by atoms with Gasteiger partial charge in [-0.1, -0.05) is 0 Å². The molecule has 0 aromatic carbocycles. The Morgan fingerprint density at radius 2 is 2.10 bits per heavy atom. The summed E-state index contributed by atoms with van der Waals surface area (Å²) < 4.78 is 10.5. The van der Waals surface area contributed by atoms with E-state index in [1.54, 1.807) is 14.1 Å². The van der Waals surface area contributed by atoms with Crippen molar-refractivity contribution in [1.82, 2.24) is 0 Å². The molecule has 0 aromatic rings. The van der Waals surface area contributed by atoms with Crippen LogP contribution in [0.5, 0.6) is 0 Å². The van der Waals surface area contributed by atoms with E-state index in [1.165, 1.54) is 0 Å². The van der Waals surface area contributed by atoms with E-state index in [2.05, 4.69) is 0 Å². The summed E-state index contributed by atoms with van der Waals surface area (Å²) in [5.74, 6) is 0. The van der Waals surface area contributed by atoms with E-state index in [-0.39, 0.29) is 18.6 Å². The van der Waals surface area contributed by atoms with Crippen molar-refractivity contribution in [3.05, 3.63) is 0 Å². The fourth-order valence-corrected chi connectivity index (χ4v) is 1.24. The van der Waals surface area contributed by atoms with Crippen molar-refractivity contribution < 1.29 is 13.8 Å². The van der Waals surface area contributed by atoms with E-state index in [9.17, 15) is 9.36 Å². The van der Waals surface area contributed by atoms with Gasteiger partial charge in [-0.25, -0.2) is 4.79 Å².